The van der Waals surface area contributed by atoms with Crippen LogP contribution in [0.4, 0.5) is 5.69 Å². The number of carbonyl (C=O) groups is 3. The summed E-state index contributed by atoms with van der Waals surface area (Å²) >= 11 is 0. The lowest BCUT2D eigenvalue weighted by Gasteiger charge is -2.22. The lowest BCUT2D eigenvalue weighted by atomic mass is 9.98. The quantitative estimate of drug-likeness (QED) is 0.820. The highest BCUT2D eigenvalue weighted by Gasteiger charge is 2.25. The number of hydrogen-bond acceptors (Lipinski definition) is 4. The molecule has 0 bridgehead atoms. The standard InChI is InChI=1S/C15H18N2O4/c1-9-11(15(20)21-2)4-3-5-12(9)17-14(19)10-6-7-13(18)16-8-10/h3-5,10H,6-8H2,1-2H3,(H,16,18)(H,17,19). The highest BCUT2D eigenvalue weighted by Crippen LogP contribution is 2.21. The molecule has 0 radical (unpaired) electrons. The zero-order valence-corrected chi connectivity index (χ0v) is 12.1. The van der Waals surface area contributed by atoms with Gasteiger partial charge in [-0.1, -0.05) is 6.07 Å². The highest BCUT2D eigenvalue weighted by molar-refractivity contribution is 5.98. The van der Waals surface area contributed by atoms with Crippen LogP contribution in [0, 0.1) is 12.8 Å². The smallest absolute Gasteiger partial charge is 0.338 e. The Morgan fingerprint density at radius 3 is 2.76 bits per heavy atom. The Morgan fingerprint density at radius 2 is 2.14 bits per heavy atom. The molecular weight excluding hydrogens is 272 g/mol. The molecule has 1 aliphatic rings. The molecular formula is C15H18N2O4. The molecule has 2 amide bonds. The van der Waals surface area contributed by atoms with Crippen LogP contribution < -0.4 is 10.6 Å². The number of methoxy groups -OCH3 is 1. The fourth-order valence-corrected chi connectivity index (χ4v) is 2.29. The van der Waals surface area contributed by atoms with Gasteiger partial charge in [0.1, 0.15) is 0 Å². The number of piperidine rings is 1. The first-order valence-electron chi connectivity index (χ1n) is 6.78. The van der Waals surface area contributed by atoms with Gasteiger partial charge in [-0.25, -0.2) is 4.79 Å². The fraction of sp³-hybridized carbons (Fsp3) is 0.400. The number of esters is 1. The summed E-state index contributed by atoms with van der Waals surface area (Å²) in [6, 6.07) is 5.08. The van der Waals surface area contributed by atoms with Gasteiger partial charge in [0, 0.05) is 18.7 Å². The van der Waals surface area contributed by atoms with Gasteiger partial charge >= 0.3 is 5.97 Å². The van der Waals surface area contributed by atoms with E-state index >= 15 is 0 Å². The Kier molecular flexibility index (Phi) is 4.57. The molecule has 1 fully saturated rings. The molecule has 1 heterocycles. The largest absolute Gasteiger partial charge is 0.465 e. The van der Waals surface area contributed by atoms with Crippen LogP contribution in [0.15, 0.2) is 18.2 Å². The van der Waals surface area contributed by atoms with Gasteiger partial charge in [-0.2, -0.15) is 0 Å². The fourth-order valence-electron chi connectivity index (χ4n) is 2.29. The second-order valence-corrected chi connectivity index (χ2v) is 5.00. The van der Waals surface area contributed by atoms with Gasteiger partial charge in [-0.05, 0) is 31.0 Å². The molecule has 0 aliphatic carbocycles. The molecule has 21 heavy (non-hydrogen) atoms. The molecule has 1 aromatic carbocycles. The van der Waals surface area contributed by atoms with E-state index in [0.29, 0.717) is 36.2 Å². The van der Waals surface area contributed by atoms with Crippen LogP contribution in [-0.4, -0.2) is 31.4 Å². The zero-order valence-electron chi connectivity index (χ0n) is 12.1. The normalized spacial score (nSPS) is 17.8. The summed E-state index contributed by atoms with van der Waals surface area (Å²) in [5.41, 5.74) is 1.67. The van der Waals surface area contributed by atoms with E-state index in [1.54, 1.807) is 25.1 Å². The highest BCUT2D eigenvalue weighted by atomic mass is 16.5. The summed E-state index contributed by atoms with van der Waals surface area (Å²) in [5, 5.41) is 5.49. The van der Waals surface area contributed by atoms with Crippen molar-refractivity contribution in [3.63, 3.8) is 0 Å². The van der Waals surface area contributed by atoms with Crippen molar-refractivity contribution < 1.29 is 19.1 Å². The lowest BCUT2D eigenvalue weighted by molar-refractivity contribution is -0.126. The van der Waals surface area contributed by atoms with E-state index in [2.05, 4.69) is 10.6 Å². The average Bonchev–Trinajstić information content (AvgIpc) is 2.49. The minimum Gasteiger partial charge on any atom is -0.465 e. The van der Waals surface area contributed by atoms with E-state index in [0.717, 1.165) is 0 Å². The van der Waals surface area contributed by atoms with E-state index in [4.69, 9.17) is 4.74 Å². The van der Waals surface area contributed by atoms with Gasteiger partial charge in [0.25, 0.3) is 0 Å². The van der Waals surface area contributed by atoms with Crippen molar-refractivity contribution in [3.8, 4) is 0 Å². The Morgan fingerprint density at radius 1 is 1.38 bits per heavy atom. The van der Waals surface area contributed by atoms with Gasteiger partial charge in [-0.3, -0.25) is 9.59 Å². The molecule has 2 rings (SSSR count). The summed E-state index contributed by atoms with van der Waals surface area (Å²) in [5.74, 6) is -0.861. The van der Waals surface area contributed by atoms with Crippen molar-refractivity contribution in [2.45, 2.75) is 19.8 Å². The Hall–Kier alpha value is -2.37. The Labute approximate surface area is 122 Å². The number of anilines is 1. The van der Waals surface area contributed by atoms with Gasteiger partial charge in [0.05, 0.1) is 18.6 Å². The number of amides is 2. The van der Waals surface area contributed by atoms with E-state index in [-0.39, 0.29) is 17.7 Å². The van der Waals surface area contributed by atoms with Gasteiger partial charge < -0.3 is 15.4 Å². The number of rotatable bonds is 3. The molecule has 0 aromatic heterocycles. The molecule has 1 aromatic rings. The maximum atomic E-state index is 12.2. The van der Waals surface area contributed by atoms with Crippen LogP contribution in [0.2, 0.25) is 0 Å². The minimum absolute atomic E-state index is 0.0251. The van der Waals surface area contributed by atoms with Crippen LogP contribution in [0.1, 0.15) is 28.8 Å². The second-order valence-electron chi connectivity index (χ2n) is 5.00. The third-order valence-corrected chi connectivity index (χ3v) is 3.63. The van der Waals surface area contributed by atoms with Crippen molar-refractivity contribution in [2.24, 2.45) is 5.92 Å². The van der Waals surface area contributed by atoms with Crippen LogP contribution in [0.25, 0.3) is 0 Å². The molecule has 1 aliphatic heterocycles. The van der Waals surface area contributed by atoms with Crippen LogP contribution in [0.3, 0.4) is 0 Å². The van der Waals surface area contributed by atoms with E-state index in [1.807, 2.05) is 0 Å². The van der Waals surface area contributed by atoms with Crippen LogP contribution >= 0.6 is 0 Å². The second kappa shape index (κ2) is 6.39. The molecule has 6 nitrogen and oxygen atoms in total. The molecule has 1 atom stereocenters. The topological polar surface area (TPSA) is 84.5 Å². The average molecular weight is 290 g/mol. The number of carbonyl (C=O) groups excluding carboxylic acids is 3. The van der Waals surface area contributed by atoms with Gasteiger partial charge in [-0.15, -0.1) is 0 Å². The third-order valence-electron chi connectivity index (χ3n) is 3.63. The first-order chi connectivity index (χ1) is 10.0. The van der Waals surface area contributed by atoms with Crippen molar-refractivity contribution in [2.75, 3.05) is 19.0 Å². The molecule has 2 N–H and O–H groups in total. The monoisotopic (exact) mass is 290 g/mol. The van der Waals surface area contributed by atoms with E-state index in [1.165, 1.54) is 7.11 Å². The summed E-state index contributed by atoms with van der Waals surface area (Å²) in [6.45, 7) is 2.10. The lowest BCUT2D eigenvalue weighted by Crippen LogP contribution is -2.40. The van der Waals surface area contributed by atoms with E-state index in [9.17, 15) is 14.4 Å². The molecule has 6 heteroatoms. The van der Waals surface area contributed by atoms with Crippen molar-refractivity contribution >= 4 is 23.5 Å². The van der Waals surface area contributed by atoms with Gasteiger partial charge in [0.2, 0.25) is 11.8 Å². The molecule has 1 unspecified atom stereocenters. The Bertz CT molecular complexity index is 573. The number of hydrogen-bond donors (Lipinski definition) is 2. The first kappa shape index (κ1) is 15.0. The predicted molar refractivity (Wildman–Crippen MR) is 76.9 cm³/mol. The molecule has 0 saturated carbocycles. The Balaban J connectivity index is 2.11. The van der Waals surface area contributed by atoms with Crippen LogP contribution in [0.5, 0.6) is 0 Å². The molecule has 1 saturated heterocycles. The number of nitrogens with one attached hydrogen (secondary N) is 2. The number of benzene rings is 1. The SMILES string of the molecule is COC(=O)c1cccc(NC(=O)C2CCC(=O)NC2)c1C. The number of ether oxygens (including phenoxy) is 1. The maximum absolute atomic E-state index is 12.2. The molecule has 0 spiro atoms. The predicted octanol–water partition coefficient (Wildman–Crippen LogP) is 1.25. The minimum atomic E-state index is -0.437. The van der Waals surface area contributed by atoms with Crippen LogP contribution in [-0.2, 0) is 14.3 Å². The van der Waals surface area contributed by atoms with E-state index < -0.39 is 5.97 Å². The summed E-state index contributed by atoms with van der Waals surface area (Å²) in [4.78, 5) is 34.9. The summed E-state index contributed by atoms with van der Waals surface area (Å²) in [6.07, 6.45) is 0.896. The molecule has 112 valence electrons. The summed E-state index contributed by atoms with van der Waals surface area (Å²) in [7, 11) is 1.32. The maximum Gasteiger partial charge on any atom is 0.338 e. The zero-order chi connectivity index (χ0) is 15.4. The first-order valence-corrected chi connectivity index (χ1v) is 6.78. The van der Waals surface area contributed by atoms with Crippen molar-refractivity contribution in [1.29, 1.82) is 0 Å². The van der Waals surface area contributed by atoms with Crippen molar-refractivity contribution in [3.05, 3.63) is 29.3 Å². The summed E-state index contributed by atoms with van der Waals surface area (Å²) < 4.78 is 4.71. The van der Waals surface area contributed by atoms with Crippen molar-refractivity contribution in [1.82, 2.24) is 5.32 Å². The third kappa shape index (κ3) is 3.39. The van der Waals surface area contributed by atoms with Gasteiger partial charge in [0.15, 0.2) is 0 Å².